The van der Waals surface area contributed by atoms with Crippen LogP contribution in [-0.2, 0) is 9.84 Å². The van der Waals surface area contributed by atoms with Crippen molar-refractivity contribution < 1.29 is 8.42 Å². The van der Waals surface area contributed by atoms with Gasteiger partial charge in [0, 0.05) is 11.7 Å². The van der Waals surface area contributed by atoms with Crippen LogP contribution in [0.15, 0.2) is 11.5 Å². The van der Waals surface area contributed by atoms with Crippen LogP contribution in [-0.4, -0.2) is 14.7 Å². The average Bonchev–Trinajstić information content (AvgIpc) is 1.80. The van der Waals surface area contributed by atoms with Crippen LogP contribution >= 0.6 is 0 Å². The Morgan fingerprint density at radius 2 is 1.75 bits per heavy atom. The van der Waals surface area contributed by atoms with E-state index in [0.29, 0.717) is 11.8 Å². The molecule has 0 saturated heterocycles. The minimum absolute atomic E-state index is 0.347. The van der Waals surface area contributed by atoms with E-state index >= 15 is 0 Å². The van der Waals surface area contributed by atoms with Gasteiger partial charge in [-0.3, -0.25) is 0 Å². The largest absolute Gasteiger partial charge is 0.225 e. The van der Waals surface area contributed by atoms with Gasteiger partial charge >= 0.3 is 0 Å². The number of rotatable bonds is 4. The molecule has 0 radical (unpaired) electrons. The standard InChI is InChI=1S/C9H18O2S/c1-8(2)7-9(3)5-6-12(4,10)11/h5-6,8-9H,7H2,1-4H3/b6-5+/t9-/m1/s1. The van der Waals surface area contributed by atoms with Gasteiger partial charge in [-0.05, 0) is 18.3 Å². The summed E-state index contributed by atoms with van der Waals surface area (Å²) < 4.78 is 21.5. The Kier molecular flexibility index (Phi) is 4.53. The molecule has 3 heteroatoms. The van der Waals surface area contributed by atoms with E-state index in [1.807, 2.05) is 6.92 Å². The molecule has 0 heterocycles. The van der Waals surface area contributed by atoms with Crippen LogP contribution in [0.1, 0.15) is 27.2 Å². The number of hydrogen-bond acceptors (Lipinski definition) is 2. The van der Waals surface area contributed by atoms with E-state index in [2.05, 4.69) is 13.8 Å². The monoisotopic (exact) mass is 190 g/mol. The fourth-order valence-corrected chi connectivity index (χ4v) is 1.65. The van der Waals surface area contributed by atoms with Gasteiger partial charge in [0.05, 0.1) is 0 Å². The molecule has 0 aliphatic rings. The molecule has 0 unspecified atom stereocenters. The van der Waals surface area contributed by atoms with Gasteiger partial charge in [-0.25, -0.2) is 8.42 Å². The van der Waals surface area contributed by atoms with Crippen LogP contribution in [0, 0.1) is 11.8 Å². The van der Waals surface area contributed by atoms with Gasteiger partial charge in [-0.2, -0.15) is 0 Å². The average molecular weight is 190 g/mol. The first-order valence-electron chi connectivity index (χ1n) is 4.19. The number of sulfone groups is 1. The zero-order valence-corrected chi connectivity index (χ0v) is 9.06. The third-order valence-electron chi connectivity index (χ3n) is 1.50. The van der Waals surface area contributed by atoms with Crippen molar-refractivity contribution in [3.8, 4) is 0 Å². The van der Waals surface area contributed by atoms with Crippen molar-refractivity contribution in [1.29, 1.82) is 0 Å². The molecule has 0 bridgehead atoms. The number of allylic oxidation sites excluding steroid dienone is 1. The molecule has 0 spiro atoms. The van der Waals surface area contributed by atoms with E-state index in [-0.39, 0.29) is 0 Å². The molecule has 12 heavy (non-hydrogen) atoms. The minimum atomic E-state index is -2.94. The van der Waals surface area contributed by atoms with Crippen LogP contribution in [0.3, 0.4) is 0 Å². The smallest absolute Gasteiger partial charge is 0.168 e. The van der Waals surface area contributed by atoms with E-state index in [0.717, 1.165) is 6.42 Å². The molecule has 0 amide bonds. The van der Waals surface area contributed by atoms with Crippen LogP contribution in [0.25, 0.3) is 0 Å². The third-order valence-corrected chi connectivity index (χ3v) is 2.15. The van der Waals surface area contributed by atoms with Gasteiger partial charge in [0.15, 0.2) is 9.84 Å². The molecule has 0 aliphatic heterocycles. The molecular weight excluding hydrogens is 172 g/mol. The van der Waals surface area contributed by atoms with E-state index in [9.17, 15) is 8.42 Å². The summed E-state index contributed by atoms with van der Waals surface area (Å²) in [6, 6.07) is 0. The second-order valence-electron chi connectivity index (χ2n) is 3.76. The maximum absolute atomic E-state index is 10.7. The van der Waals surface area contributed by atoms with Crippen LogP contribution in [0.2, 0.25) is 0 Å². The fraction of sp³-hybridized carbons (Fsp3) is 0.778. The van der Waals surface area contributed by atoms with Crippen molar-refractivity contribution in [1.82, 2.24) is 0 Å². The Morgan fingerprint density at radius 3 is 2.08 bits per heavy atom. The van der Waals surface area contributed by atoms with Gasteiger partial charge in [0.25, 0.3) is 0 Å². The highest BCUT2D eigenvalue weighted by molar-refractivity contribution is 7.93. The quantitative estimate of drug-likeness (QED) is 0.681. The lowest BCUT2D eigenvalue weighted by Crippen LogP contribution is -1.98. The maximum Gasteiger partial charge on any atom is 0.168 e. The molecule has 0 aromatic heterocycles. The summed E-state index contributed by atoms with van der Waals surface area (Å²) >= 11 is 0. The highest BCUT2D eigenvalue weighted by Crippen LogP contribution is 2.12. The second kappa shape index (κ2) is 4.65. The minimum Gasteiger partial charge on any atom is -0.225 e. The highest BCUT2D eigenvalue weighted by atomic mass is 32.2. The molecule has 2 nitrogen and oxygen atoms in total. The zero-order valence-electron chi connectivity index (χ0n) is 8.24. The molecule has 0 aromatic carbocycles. The highest BCUT2D eigenvalue weighted by Gasteiger charge is 2.02. The molecule has 0 aliphatic carbocycles. The Labute approximate surface area is 75.6 Å². The Morgan fingerprint density at radius 1 is 1.25 bits per heavy atom. The fourth-order valence-electron chi connectivity index (χ4n) is 1.10. The lowest BCUT2D eigenvalue weighted by atomic mass is 9.99. The van der Waals surface area contributed by atoms with Crippen molar-refractivity contribution >= 4 is 9.84 Å². The lowest BCUT2D eigenvalue weighted by Gasteiger charge is -2.08. The van der Waals surface area contributed by atoms with Crippen molar-refractivity contribution in [2.45, 2.75) is 27.2 Å². The van der Waals surface area contributed by atoms with Crippen LogP contribution in [0.5, 0.6) is 0 Å². The molecule has 0 aromatic rings. The van der Waals surface area contributed by atoms with Crippen molar-refractivity contribution in [3.05, 3.63) is 11.5 Å². The summed E-state index contributed by atoms with van der Waals surface area (Å²) in [5.41, 5.74) is 0. The molecule has 0 rings (SSSR count). The van der Waals surface area contributed by atoms with Gasteiger partial charge < -0.3 is 0 Å². The first-order chi connectivity index (χ1) is 5.31. The second-order valence-corrected chi connectivity index (χ2v) is 5.70. The topological polar surface area (TPSA) is 34.1 Å². The van der Waals surface area contributed by atoms with Gasteiger partial charge in [0.1, 0.15) is 0 Å². The predicted molar refractivity (Wildman–Crippen MR) is 52.6 cm³/mol. The Balaban J connectivity index is 4.01. The van der Waals surface area contributed by atoms with Crippen molar-refractivity contribution in [2.75, 3.05) is 6.26 Å². The van der Waals surface area contributed by atoms with Gasteiger partial charge in [0.2, 0.25) is 0 Å². The lowest BCUT2D eigenvalue weighted by molar-refractivity contribution is 0.503. The Hall–Kier alpha value is -0.310. The SMILES string of the molecule is CC(C)C[C@H](C)/C=C/S(C)(=O)=O. The summed E-state index contributed by atoms with van der Waals surface area (Å²) in [6.07, 6.45) is 4.01. The molecule has 0 fully saturated rings. The molecule has 0 N–H and O–H groups in total. The van der Waals surface area contributed by atoms with Crippen molar-refractivity contribution in [3.63, 3.8) is 0 Å². The Bertz CT molecular complexity index is 237. The maximum atomic E-state index is 10.7. The van der Waals surface area contributed by atoms with E-state index < -0.39 is 9.84 Å². The van der Waals surface area contributed by atoms with E-state index in [1.165, 1.54) is 11.7 Å². The molecule has 72 valence electrons. The summed E-state index contributed by atoms with van der Waals surface area (Å²) in [4.78, 5) is 0. The first kappa shape index (κ1) is 11.7. The number of hydrogen-bond donors (Lipinski definition) is 0. The predicted octanol–water partition coefficient (Wildman–Crippen LogP) is 2.23. The molecule has 1 atom stereocenters. The summed E-state index contributed by atoms with van der Waals surface area (Å²) in [6.45, 7) is 6.29. The van der Waals surface area contributed by atoms with E-state index in [4.69, 9.17) is 0 Å². The van der Waals surface area contributed by atoms with Crippen molar-refractivity contribution in [2.24, 2.45) is 11.8 Å². The van der Waals surface area contributed by atoms with Crippen LogP contribution in [0.4, 0.5) is 0 Å². The van der Waals surface area contributed by atoms with Gasteiger partial charge in [-0.15, -0.1) is 0 Å². The summed E-state index contributed by atoms with van der Waals surface area (Å²) in [5.74, 6) is 0.962. The van der Waals surface area contributed by atoms with Gasteiger partial charge in [-0.1, -0.05) is 26.8 Å². The normalized spacial score (nSPS) is 15.8. The van der Waals surface area contributed by atoms with E-state index in [1.54, 1.807) is 6.08 Å². The molecule has 0 saturated carbocycles. The van der Waals surface area contributed by atoms with Crippen LogP contribution < -0.4 is 0 Å². The summed E-state index contributed by atoms with van der Waals surface area (Å²) in [5, 5.41) is 1.29. The first-order valence-corrected chi connectivity index (χ1v) is 6.15. The third kappa shape index (κ3) is 7.79. The zero-order chi connectivity index (χ0) is 9.78. The summed E-state index contributed by atoms with van der Waals surface area (Å²) in [7, 11) is -2.94. The molecular formula is C9H18O2S.